The summed E-state index contributed by atoms with van der Waals surface area (Å²) in [6.07, 6.45) is 2.53. The van der Waals surface area contributed by atoms with Crippen molar-refractivity contribution in [1.29, 1.82) is 0 Å². The van der Waals surface area contributed by atoms with Gasteiger partial charge in [-0.15, -0.1) is 0 Å². The number of nitrogens with two attached hydrogens (primary N) is 1. The Morgan fingerprint density at radius 2 is 2.26 bits per heavy atom. The van der Waals surface area contributed by atoms with Crippen LogP contribution in [0.15, 0.2) is 4.52 Å². The first-order valence-corrected chi connectivity index (χ1v) is 6.67. The molecule has 0 atom stereocenters. The molecular weight excluding hydrogens is 246 g/mol. The van der Waals surface area contributed by atoms with E-state index in [1.807, 2.05) is 0 Å². The third kappa shape index (κ3) is 4.60. The normalized spacial score (nSPS) is 17.6. The Labute approximate surface area is 112 Å². The summed E-state index contributed by atoms with van der Waals surface area (Å²) in [5.74, 6) is 1.21. The minimum atomic E-state index is 0.0377. The molecule has 1 aliphatic heterocycles. The summed E-state index contributed by atoms with van der Waals surface area (Å²) in [7, 11) is 0. The Morgan fingerprint density at radius 1 is 1.53 bits per heavy atom. The molecule has 0 aliphatic carbocycles. The Morgan fingerprint density at radius 3 is 2.89 bits per heavy atom. The second-order valence-corrected chi connectivity index (χ2v) is 4.94. The van der Waals surface area contributed by atoms with Gasteiger partial charge < -0.3 is 15.6 Å². The van der Waals surface area contributed by atoms with Gasteiger partial charge in [-0.2, -0.15) is 4.98 Å². The van der Waals surface area contributed by atoms with E-state index in [-0.39, 0.29) is 5.91 Å². The maximum absolute atomic E-state index is 11.7. The van der Waals surface area contributed by atoms with E-state index >= 15 is 0 Å². The zero-order valence-electron chi connectivity index (χ0n) is 11.3. The average Bonchev–Trinajstić information content (AvgIpc) is 2.78. The van der Waals surface area contributed by atoms with Gasteiger partial charge in [0.05, 0.1) is 6.54 Å². The van der Waals surface area contributed by atoms with Gasteiger partial charge in [-0.25, -0.2) is 0 Å². The molecule has 1 aromatic heterocycles. The second kappa shape index (κ2) is 6.63. The van der Waals surface area contributed by atoms with Crippen LogP contribution in [0, 0.1) is 6.92 Å². The summed E-state index contributed by atoms with van der Waals surface area (Å²) in [6, 6.07) is 0.292. The molecule has 0 saturated carbocycles. The predicted octanol–water partition coefficient (Wildman–Crippen LogP) is -0.540. The molecule has 7 nitrogen and oxygen atoms in total. The molecule has 0 aromatic carbocycles. The van der Waals surface area contributed by atoms with Gasteiger partial charge in [-0.1, -0.05) is 5.16 Å². The van der Waals surface area contributed by atoms with Crippen molar-refractivity contribution < 1.29 is 9.32 Å². The van der Waals surface area contributed by atoms with Crippen molar-refractivity contribution in [2.24, 2.45) is 5.73 Å². The molecule has 0 unspecified atom stereocenters. The summed E-state index contributed by atoms with van der Waals surface area (Å²) in [5.41, 5.74) is 5.82. The third-order valence-corrected chi connectivity index (χ3v) is 3.24. The first kappa shape index (κ1) is 14.0. The van der Waals surface area contributed by atoms with E-state index in [2.05, 4.69) is 20.4 Å². The van der Waals surface area contributed by atoms with E-state index in [1.165, 1.54) is 0 Å². The number of amides is 1. The van der Waals surface area contributed by atoms with Crippen molar-refractivity contribution in [3.63, 3.8) is 0 Å². The lowest BCUT2D eigenvalue weighted by Crippen LogP contribution is -2.44. The summed E-state index contributed by atoms with van der Waals surface area (Å²) >= 11 is 0. The summed E-state index contributed by atoms with van der Waals surface area (Å²) in [5, 5.41) is 6.64. The monoisotopic (exact) mass is 267 g/mol. The Kier molecular flexibility index (Phi) is 4.86. The van der Waals surface area contributed by atoms with Crippen LogP contribution in [0.5, 0.6) is 0 Å². The fourth-order valence-electron chi connectivity index (χ4n) is 2.13. The van der Waals surface area contributed by atoms with Gasteiger partial charge >= 0.3 is 0 Å². The number of rotatable bonds is 5. The molecule has 7 heteroatoms. The molecule has 1 aromatic rings. The highest BCUT2D eigenvalue weighted by molar-refractivity contribution is 5.78. The zero-order chi connectivity index (χ0) is 13.7. The number of aryl methyl sites for hydroxylation is 1. The number of piperidine rings is 1. The van der Waals surface area contributed by atoms with Crippen LogP contribution in [0.25, 0.3) is 0 Å². The number of hydrogen-bond acceptors (Lipinski definition) is 6. The molecular formula is C12H21N5O2. The number of hydrogen-bond donors (Lipinski definition) is 2. The quantitative estimate of drug-likeness (QED) is 0.743. The predicted molar refractivity (Wildman–Crippen MR) is 69.4 cm³/mol. The van der Waals surface area contributed by atoms with Crippen LogP contribution in [-0.2, 0) is 11.2 Å². The maximum atomic E-state index is 11.7. The minimum absolute atomic E-state index is 0.0377. The van der Waals surface area contributed by atoms with Crippen LogP contribution in [0.1, 0.15) is 24.6 Å². The average molecular weight is 267 g/mol. The van der Waals surface area contributed by atoms with Crippen LogP contribution < -0.4 is 11.1 Å². The molecule has 1 fully saturated rings. The molecule has 3 N–H and O–H groups in total. The molecule has 106 valence electrons. The van der Waals surface area contributed by atoms with Crippen LogP contribution in [0.4, 0.5) is 0 Å². The fourth-order valence-corrected chi connectivity index (χ4v) is 2.13. The van der Waals surface area contributed by atoms with Gasteiger partial charge in [-0.3, -0.25) is 9.69 Å². The Balaban J connectivity index is 1.62. The Bertz CT molecular complexity index is 412. The topological polar surface area (TPSA) is 97.3 Å². The maximum Gasteiger partial charge on any atom is 0.234 e. The number of carbonyl (C=O) groups is 1. The molecule has 1 aliphatic rings. The highest BCUT2D eigenvalue weighted by atomic mass is 16.5. The van der Waals surface area contributed by atoms with Gasteiger partial charge in [-0.05, 0) is 12.8 Å². The van der Waals surface area contributed by atoms with E-state index in [1.54, 1.807) is 6.92 Å². The van der Waals surface area contributed by atoms with Gasteiger partial charge in [0.2, 0.25) is 11.8 Å². The standard InChI is InChI=1S/C12H21N5O2/c1-9-15-11(16-19-9)2-5-14-12(18)8-17-6-3-10(13)4-7-17/h10H,2-8,13H2,1H3,(H,14,18). The first-order valence-electron chi connectivity index (χ1n) is 6.67. The van der Waals surface area contributed by atoms with Gasteiger partial charge in [0.15, 0.2) is 5.82 Å². The highest BCUT2D eigenvalue weighted by Crippen LogP contribution is 2.07. The van der Waals surface area contributed by atoms with Crippen molar-refractivity contribution in [3.05, 3.63) is 11.7 Å². The second-order valence-electron chi connectivity index (χ2n) is 4.94. The van der Waals surface area contributed by atoms with Crippen LogP contribution in [0.2, 0.25) is 0 Å². The largest absolute Gasteiger partial charge is 0.355 e. The number of nitrogens with one attached hydrogen (secondary N) is 1. The van der Waals surface area contributed by atoms with E-state index in [0.29, 0.717) is 37.3 Å². The van der Waals surface area contributed by atoms with Crippen LogP contribution in [-0.4, -0.2) is 53.2 Å². The minimum Gasteiger partial charge on any atom is -0.355 e. The summed E-state index contributed by atoms with van der Waals surface area (Å²) in [6.45, 7) is 4.52. The van der Waals surface area contributed by atoms with Gasteiger partial charge in [0.25, 0.3) is 0 Å². The smallest absolute Gasteiger partial charge is 0.234 e. The third-order valence-electron chi connectivity index (χ3n) is 3.24. The highest BCUT2D eigenvalue weighted by Gasteiger charge is 2.17. The molecule has 0 bridgehead atoms. The van der Waals surface area contributed by atoms with Crippen LogP contribution >= 0.6 is 0 Å². The fraction of sp³-hybridized carbons (Fsp3) is 0.750. The lowest BCUT2D eigenvalue weighted by Gasteiger charge is -2.29. The molecule has 1 saturated heterocycles. The van der Waals surface area contributed by atoms with E-state index < -0.39 is 0 Å². The van der Waals surface area contributed by atoms with Crippen molar-refractivity contribution in [3.8, 4) is 0 Å². The van der Waals surface area contributed by atoms with Crippen molar-refractivity contribution >= 4 is 5.91 Å². The van der Waals surface area contributed by atoms with Crippen molar-refractivity contribution in [2.75, 3.05) is 26.2 Å². The van der Waals surface area contributed by atoms with Gasteiger partial charge in [0, 0.05) is 39.0 Å². The summed E-state index contributed by atoms with van der Waals surface area (Å²) < 4.78 is 4.86. The molecule has 0 radical (unpaired) electrons. The van der Waals surface area contributed by atoms with Crippen LogP contribution in [0.3, 0.4) is 0 Å². The molecule has 2 heterocycles. The summed E-state index contributed by atoms with van der Waals surface area (Å²) in [4.78, 5) is 18.0. The molecule has 19 heavy (non-hydrogen) atoms. The first-order chi connectivity index (χ1) is 9.13. The van der Waals surface area contributed by atoms with Crippen molar-refractivity contribution in [1.82, 2.24) is 20.4 Å². The number of nitrogens with zero attached hydrogens (tertiary/aromatic N) is 3. The lowest BCUT2D eigenvalue weighted by molar-refractivity contribution is -0.122. The molecule has 1 amide bonds. The van der Waals surface area contributed by atoms with Crippen molar-refractivity contribution in [2.45, 2.75) is 32.2 Å². The van der Waals surface area contributed by atoms with E-state index in [4.69, 9.17) is 10.3 Å². The lowest BCUT2D eigenvalue weighted by atomic mass is 10.1. The molecule has 2 rings (SSSR count). The Hall–Kier alpha value is -1.47. The number of carbonyl (C=O) groups excluding carboxylic acids is 1. The zero-order valence-corrected chi connectivity index (χ0v) is 11.3. The van der Waals surface area contributed by atoms with E-state index in [0.717, 1.165) is 25.9 Å². The number of aromatic nitrogens is 2. The SMILES string of the molecule is Cc1nc(CCNC(=O)CN2CCC(N)CC2)no1. The number of likely N-dealkylation sites (tertiary alicyclic amines) is 1. The van der Waals surface area contributed by atoms with Gasteiger partial charge in [0.1, 0.15) is 0 Å². The van der Waals surface area contributed by atoms with E-state index in [9.17, 15) is 4.79 Å². The molecule has 0 spiro atoms.